The van der Waals surface area contributed by atoms with Gasteiger partial charge in [0.2, 0.25) is 0 Å². The fourth-order valence-corrected chi connectivity index (χ4v) is 3.52. The summed E-state index contributed by atoms with van der Waals surface area (Å²) in [6.07, 6.45) is 6.22. The van der Waals surface area contributed by atoms with Crippen LogP contribution < -0.4 is 9.47 Å². The van der Waals surface area contributed by atoms with Crippen LogP contribution in [0.4, 0.5) is 0 Å². The topological polar surface area (TPSA) is 78.9 Å². The van der Waals surface area contributed by atoms with E-state index >= 15 is 0 Å². The molecular weight excluding hydrogens is 444 g/mol. The minimum Gasteiger partial charge on any atom is -0.459 e. The Morgan fingerprint density at radius 2 is 1.23 bits per heavy atom. The highest BCUT2D eigenvalue weighted by molar-refractivity contribution is 5.92. The molecule has 35 heavy (non-hydrogen) atoms. The summed E-state index contributed by atoms with van der Waals surface area (Å²) in [6, 6.07) is 12.3. The monoisotopic (exact) mass is 482 g/mol. The Kier molecular flexibility index (Phi) is 13.8. The number of carbonyl (C=O) groups excluding carboxylic acids is 3. The van der Waals surface area contributed by atoms with Crippen LogP contribution in [-0.2, 0) is 9.53 Å². The predicted octanol–water partition coefficient (Wildman–Crippen LogP) is 7.18. The van der Waals surface area contributed by atoms with Crippen LogP contribution in [0, 0.1) is 5.92 Å². The van der Waals surface area contributed by atoms with Crippen LogP contribution in [0.25, 0.3) is 0 Å². The Morgan fingerprint density at radius 1 is 0.771 bits per heavy atom. The molecule has 0 amide bonds. The first-order chi connectivity index (χ1) is 17.0. The highest BCUT2D eigenvalue weighted by Crippen LogP contribution is 2.29. The summed E-state index contributed by atoms with van der Waals surface area (Å²) in [5.74, 6) is -0.156. The number of esters is 3. The molecule has 0 saturated heterocycles. The Morgan fingerprint density at radius 3 is 1.69 bits per heavy atom. The average Bonchev–Trinajstić information content (AvgIpc) is 2.92. The maximum Gasteiger partial charge on any atom is 0.343 e. The zero-order valence-electron chi connectivity index (χ0n) is 21.5. The maximum atomic E-state index is 12.4. The lowest BCUT2D eigenvalue weighted by molar-refractivity contribution is -0.128. The molecule has 1 saturated carbocycles. The van der Waals surface area contributed by atoms with Gasteiger partial charge in [-0.3, -0.25) is 0 Å². The van der Waals surface area contributed by atoms with Gasteiger partial charge in [-0.05, 0) is 80.1 Å². The van der Waals surface area contributed by atoms with Gasteiger partial charge >= 0.3 is 17.9 Å². The summed E-state index contributed by atoms with van der Waals surface area (Å²) < 4.78 is 15.9. The minimum absolute atomic E-state index is 0.0264. The van der Waals surface area contributed by atoms with Crippen LogP contribution >= 0.6 is 0 Å². The molecule has 1 aliphatic carbocycles. The lowest BCUT2D eigenvalue weighted by atomic mass is 9.86. The first-order valence-electron chi connectivity index (χ1n) is 12.5. The average molecular weight is 483 g/mol. The quantitative estimate of drug-likeness (QED) is 0.236. The first-order valence-corrected chi connectivity index (χ1v) is 12.5. The summed E-state index contributed by atoms with van der Waals surface area (Å²) in [5.41, 5.74) is 0.718. The van der Waals surface area contributed by atoms with Crippen LogP contribution in [0.1, 0.15) is 87.4 Å². The molecule has 0 N–H and O–H groups in total. The van der Waals surface area contributed by atoms with E-state index in [4.69, 9.17) is 14.2 Å². The van der Waals surface area contributed by atoms with Crippen LogP contribution in [0.2, 0.25) is 0 Å². The molecule has 0 spiro atoms. The van der Waals surface area contributed by atoms with Crippen LogP contribution in [-0.4, -0.2) is 24.0 Å². The van der Waals surface area contributed by atoms with Gasteiger partial charge in [-0.25, -0.2) is 14.4 Å². The second kappa shape index (κ2) is 16.3. The van der Waals surface area contributed by atoms with Crippen molar-refractivity contribution < 1.29 is 28.6 Å². The van der Waals surface area contributed by atoms with Gasteiger partial charge in [0.15, 0.2) is 0 Å². The van der Waals surface area contributed by atoms with E-state index in [0.29, 0.717) is 22.6 Å². The number of hydrogen-bond donors (Lipinski definition) is 0. The van der Waals surface area contributed by atoms with Crippen molar-refractivity contribution in [3.8, 4) is 11.5 Å². The highest BCUT2D eigenvalue weighted by Gasteiger charge is 2.23. The van der Waals surface area contributed by atoms with E-state index in [2.05, 4.69) is 13.5 Å². The molecule has 2 aromatic carbocycles. The lowest BCUT2D eigenvalue weighted by Gasteiger charge is -2.27. The summed E-state index contributed by atoms with van der Waals surface area (Å²) in [5, 5.41) is 0. The summed E-state index contributed by atoms with van der Waals surface area (Å²) in [6.45, 7) is 13.5. The Hall–Kier alpha value is -3.41. The molecule has 3 rings (SSSR count). The lowest BCUT2D eigenvalue weighted by Crippen LogP contribution is -2.24. The molecule has 6 heteroatoms. The normalized spacial score (nSPS) is 16.3. The van der Waals surface area contributed by atoms with Crippen molar-refractivity contribution in [3.05, 3.63) is 72.3 Å². The van der Waals surface area contributed by atoms with Crippen molar-refractivity contribution in [2.24, 2.45) is 5.92 Å². The smallest absolute Gasteiger partial charge is 0.343 e. The largest absolute Gasteiger partial charge is 0.459 e. The van der Waals surface area contributed by atoms with Crippen LogP contribution in [0.15, 0.2) is 61.2 Å². The summed E-state index contributed by atoms with van der Waals surface area (Å²) in [4.78, 5) is 35.9. The standard InChI is InChI=1S/C25H26O6.2C2H6/c1-3-17-5-11-21(12-6-17)30-24(27)19-9-15-22(16-10-19)31-25(28)18-7-13-20(14-8-18)29-23(26)4-2;2*1-2/h4,7-10,13-17,21H,2-3,5-6,11-12H2,1H3;2*1-2H3. The molecule has 6 nitrogen and oxygen atoms in total. The van der Waals surface area contributed by atoms with Crippen molar-refractivity contribution in [3.63, 3.8) is 0 Å². The van der Waals surface area contributed by atoms with Gasteiger partial charge in [-0.1, -0.05) is 47.6 Å². The second-order valence-electron chi connectivity index (χ2n) is 7.52. The third-order valence-corrected chi connectivity index (χ3v) is 5.42. The zero-order chi connectivity index (χ0) is 26.2. The first kappa shape index (κ1) is 29.6. The highest BCUT2D eigenvalue weighted by atomic mass is 16.5. The predicted molar refractivity (Wildman–Crippen MR) is 138 cm³/mol. The molecule has 190 valence electrons. The molecule has 0 atom stereocenters. The van der Waals surface area contributed by atoms with Gasteiger partial charge in [0, 0.05) is 6.08 Å². The van der Waals surface area contributed by atoms with Crippen molar-refractivity contribution in [1.82, 2.24) is 0 Å². The van der Waals surface area contributed by atoms with Gasteiger partial charge in [-0.15, -0.1) is 0 Å². The van der Waals surface area contributed by atoms with Gasteiger partial charge in [0.25, 0.3) is 0 Å². The molecule has 0 unspecified atom stereocenters. The van der Waals surface area contributed by atoms with Gasteiger partial charge in [0.1, 0.15) is 17.6 Å². The van der Waals surface area contributed by atoms with E-state index in [1.54, 1.807) is 24.3 Å². The number of carbonyl (C=O) groups is 3. The van der Waals surface area contributed by atoms with Crippen molar-refractivity contribution in [1.29, 1.82) is 0 Å². The molecule has 1 fully saturated rings. The molecule has 2 aromatic rings. The summed E-state index contributed by atoms with van der Waals surface area (Å²) >= 11 is 0. The number of hydrogen-bond acceptors (Lipinski definition) is 6. The van der Waals surface area contributed by atoms with Crippen LogP contribution in [0.5, 0.6) is 11.5 Å². The summed E-state index contributed by atoms with van der Waals surface area (Å²) in [7, 11) is 0. The van der Waals surface area contributed by atoms with Crippen molar-refractivity contribution >= 4 is 17.9 Å². The number of rotatable bonds is 7. The van der Waals surface area contributed by atoms with E-state index in [1.165, 1.54) is 30.7 Å². The maximum absolute atomic E-state index is 12.4. The Bertz CT molecular complexity index is 923. The van der Waals surface area contributed by atoms with Gasteiger partial charge in [0.05, 0.1) is 11.1 Å². The minimum atomic E-state index is -0.581. The fourth-order valence-electron chi connectivity index (χ4n) is 3.52. The number of benzene rings is 2. The van der Waals surface area contributed by atoms with Crippen molar-refractivity contribution in [2.45, 2.75) is 72.8 Å². The van der Waals surface area contributed by atoms with Gasteiger partial charge < -0.3 is 14.2 Å². The Balaban J connectivity index is 0.00000145. The molecule has 0 bridgehead atoms. The van der Waals surface area contributed by atoms with E-state index < -0.39 is 11.9 Å². The molecule has 1 aliphatic rings. The number of ether oxygens (including phenoxy) is 3. The van der Waals surface area contributed by atoms with Gasteiger partial charge in [-0.2, -0.15) is 0 Å². The Labute approximate surface area is 209 Å². The SMILES string of the molecule is C=CC(=O)Oc1ccc(C(=O)Oc2ccc(C(=O)OC3CCC(CC)CC3)cc2)cc1.CC.CC. The van der Waals surface area contributed by atoms with E-state index in [9.17, 15) is 14.4 Å². The molecule has 0 aromatic heterocycles. The molecule has 0 heterocycles. The van der Waals surface area contributed by atoms with E-state index in [1.807, 2.05) is 27.7 Å². The van der Waals surface area contributed by atoms with E-state index in [0.717, 1.165) is 37.7 Å². The fraction of sp³-hybridized carbons (Fsp3) is 0.414. The zero-order valence-corrected chi connectivity index (χ0v) is 21.5. The second-order valence-corrected chi connectivity index (χ2v) is 7.52. The molecule has 0 radical (unpaired) electrons. The third-order valence-electron chi connectivity index (χ3n) is 5.42. The van der Waals surface area contributed by atoms with Crippen LogP contribution in [0.3, 0.4) is 0 Å². The third kappa shape index (κ3) is 9.77. The van der Waals surface area contributed by atoms with E-state index in [-0.39, 0.29) is 12.1 Å². The van der Waals surface area contributed by atoms with Crippen molar-refractivity contribution in [2.75, 3.05) is 0 Å². The molecule has 0 aliphatic heterocycles. The molecular formula is C29H38O6.